The summed E-state index contributed by atoms with van der Waals surface area (Å²) in [6.45, 7) is 5.06. The molecule has 1 unspecified atom stereocenters. The second-order valence-corrected chi connectivity index (χ2v) is 4.94. The second-order valence-electron chi connectivity index (χ2n) is 4.94. The minimum atomic E-state index is 0.729. The summed E-state index contributed by atoms with van der Waals surface area (Å²) in [5, 5.41) is 3.39. The Bertz CT molecular complexity index is 159. The summed E-state index contributed by atoms with van der Waals surface area (Å²) < 4.78 is 0. The van der Waals surface area contributed by atoms with Crippen molar-refractivity contribution in [3.63, 3.8) is 0 Å². The molecule has 3 heteroatoms. The third-order valence-corrected chi connectivity index (χ3v) is 3.24. The average molecular weight is 213 g/mol. The van der Waals surface area contributed by atoms with Gasteiger partial charge in [0, 0.05) is 12.6 Å². The van der Waals surface area contributed by atoms with Gasteiger partial charge in [-0.3, -0.25) is 0 Å². The maximum Gasteiger partial charge on any atom is 0.0192 e. The van der Waals surface area contributed by atoms with Crippen LogP contribution in [0.15, 0.2) is 0 Å². The van der Waals surface area contributed by atoms with Gasteiger partial charge in [0.05, 0.1) is 0 Å². The first-order valence-corrected chi connectivity index (χ1v) is 6.26. The molecule has 0 aliphatic carbocycles. The average Bonchev–Trinajstić information content (AvgIpc) is 2.24. The molecule has 15 heavy (non-hydrogen) atoms. The van der Waals surface area contributed by atoms with Gasteiger partial charge in [0.15, 0.2) is 0 Å². The van der Waals surface area contributed by atoms with Crippen molar-refractivity contribution in [1.82, 2.24) is 15.1 Å². The molecular formula is C12H27N3. The van der Waals surface area contributed by atoms with E-state index < -0.39 is 0 Å². The molecule has 0 amide bonds. The summed E-state index contributed by atoms with van der Waals surface area (Å²) in [6, 6.07) is 0.729. The second kappa shape index (κ2) is 7.20. The first-order valence-electron chi connectivity index (χ1n) is 6.26. The van der Waals surface area contributed by atoms with Crippen LogP contribution in [-0.2, 0) is 0 Å². The van der Waals surface area contributed by atoms with Crippen LogP contribution in [0.4, 0.5) is 0 Å². The summed E-state index contributed by atoms with van der Waals surface area (Å²) in [7, 11) is 6.38. The van der Waals surface area contributed by atoms with E-state index in [1.807, 2.05) is 0 Å². The number of hydrogen-bond donors (Lipinski definition) is 1. The number of hydrogen-bond acceptors (Lipinski definition) is 3. The van der Waals surface area contributed by atoms with Crippen LogP contribution in [0.2, 0.25) is 0 Å². The predicted octanol–water partition coefficient (Wildman–Crippen LogP) is 1.01. The van der Waals surface area contributed by atoms with Crippen molar-refractivity contribution < 1.29 is 0 Å². The molecule has 1 saturated heterocycles. The Kier molecular flexibility index (Phi) is 6.22. The van der Waals surface area contributed by atoms with Crippen molar-refractivity contribution in [2.75, 3.05) is 47.3 Å². The Balaban J connectivity index is 2.05. The topological polar surface area (TPSA) is 18.5 Å². The normalized spacial score (nSPS) is 23.6. The number of nitrogens with one attached hydrogen (secondary N) is 1. The third-order valence-electron chi connectivity index (χ3n) is 3.24. The Morgan fingerprint density at radius 1 is 1.33 bits per heavy atom. The van der Waals surface area contributed by atoms with Gasteiger partial charge in [0.2, 0.25) is 0 Å². The summed E-state index contributed by atoms with van der Waals surface area (Å²) in [4.78, 5) is 4.88. The van der Waals surface area contributed by atoms with Crippen molar-refractivity contribution in [3.8, 4) is 0 Å². The zero-order valence-corrected chi connectivity index (χ0v) is 10.6. The maximum absolute atomic E-state index is 3.39. The van der Waals surface area contributed by atoms with Crippen LogP contribution in [0.5, 0.6) is 0 Å². The molecule has 90 valence electrons. The van der Waals surface area contributed by atoms with Crippen LogP contribution in [0.25, 0.3) is 0 Å². The molecule has 0 aromatic rings. The Morgan fingerprint density at radius 2 is 2.13 bits per heavy atom. The first-order chi connectivity index (χ1) is 7.22. The minimum absolute atomic E-state index is 0.729. The molecule has 1 rings (SSSR count). The van der Waals surface area contributed by atoms with Crippen molar-refractivity contribution in [2.24, 2.45) is 0 Å². The quantitative estimate of drug-likeness (QED) is 0.664. The van der Waals surface area contributed by atoms with Crippen LogP contribution in [0.1, 0.15) is 25.7 Å². The highest BCUT2D eigenvalue weighted by Crippen LogP contribution is 2.10. The standard InChI is InChI=1S/C12H27N3/c1-13-12-7-6-10-15(11-12)9-5-4-8-14(2)3/h12-13H,4-11H2,1-3H3. The van der Waals surface area contributed by atoms with Gasteiger partial charge in [-0.25, -0.2) is 0 Å². The highest BCUT2D eigenvalue weighted by Gasteiger charge is 2.17. The van der Waals surface area contributed by atoms with Crippen molar-refractivity contribution in [2.45, 2.75) is 31.7 Å². The number of rotatable bonds is 6. The van der Waals surface area contributed by atoms with E-state index in [2.05, 4.69) is 36.3 Å². The molecule has 0 spiro atoms. The molecule has 3 nitrogen and oxygen atoms in total. The van der Waals surface area contributed by atoms with Crippen LogP contribution >= 0.6 is 0 Å². The van der Waals surface area contributed by atoms with Gasteiger partial charge in [-0.15, -0.1) is 0 Å². The Labute approximate surface area is 94.8 Å². The molecule has 1 aliphatic heterocycles. The van der Waals surface area contributed by atoms with E-state index in [-0.39, 0.29) is 0 Å². The number of nitrogens with zero attached hydrogens (tertiary/aromatic N) is 2. The lowest BCUT2D eigenvalue weighted by atomic mass is 10.1. The lowest BCUT2D eigenvalue weighted by molar-refractivity contribution is 0.190. The summed E-state index contributed by atoms with van der Waals surface area (Å²) >= 11 is 0. The zero-order valence-electron chi connectivity index (χ0n) is 10.6. The highest BCUT2D eigenvalue weighted by atomic mass is 15.2. The van der Waals surface area contributed by atoms with E-state index in [0.717, 1.165) is 6.04 Å². The molecule has 1 fully saturated rings. The maximum atomic E-state index is 3.39. The molecule has 1 aliphatic rings. The molecule has 1 atom stereocenters. The summed E-state index contributed by atoms with van der Waals surface area (Å²) in [5.41, 5.74) is 0. The lowest BCUT2D eigenvalue weighted by Gasteiger charge is -2.32. The third kappa shape index (κ3) is 5.50. The smallest absolute Gasteiger partial charge is 0.0192 e. The molecular weight excluding hydrogens is 186 g/mol. The highest BCUT2D eigenvalue weighted by molar-refractivity contribution is 4.76. The van der Waals surface area contributed by atoms with Gasteiger partial charge in [-0.05, 0) is 66.5 Å². The van der Waals surface area contributed by atoms with Crippen LogP contribution in [0.3, 0.4) is 0 Å². The van der Waals surface area contributed by atoms with E-state index in [0.29, 0.717) is 0 Å². The first kappa shape index (κ1) is 12.9. The fourth-order valence-electron chi connectivity index (χ4n) is 2.26. The van der Waals surface area contributed by atoms with Crippen molar-refractivity contribution >= 4 is 0 Å². The lowest BCUT2D eigenvalue weighted by Crippen LogP contribution is -2.44. The van der Waals surface area contributed by atoms with Gasteiger partial charge in [-0.1, -0.05) is 0 Å². The number of piperidine rings is 1. The van der Waals surface area contributed by atoms with E-state index in [1.165, 1.54) is 51.9 Å². The van der Waals surface area contributed by atoms with E-state index in [1.54, 1.807) is 0 Å². The fraction of sp³-hybridized carbons (Fsp3) is 1.00. The Hall–Kier alpha value is -0.120. The zero-order chi connectivity index (χ0) is 11.1. The van der Waals surface area contributed by atoms with Gasteiger partial charge >= 0.3 is 0 Å². The van der Waals surface area contributed by atoms with Crippen LogP contribution in [0, 0.1) is 0 Å². The molecule has 0 saturated carbocycles. The predicted molar refractivity (Wildman–Crippen MR) is 66.3 cm³/mol. The van der Waals surface area contributed by atoms with Gasteiger partial charge < -0.3 is 15.1 Å². The Morgan fingerprint density at radius 3 is 2.80 bits per heavy atom. The number of unbranched alkanes of at least 4 members (excludes halogenated alkanes) is 1. The van der Waals surface area contributed by atoms with Crippen molar-refractivity contribution in [3.05, 3.63) is 0 Å². The molecule has 0 aromatic heterocycles. The van der Waals surface area contributed by atoms with Gasteiger partial charge in [0.25, 0.3) is 0 Å². The molecule has 1 N–H and O–H groups in total. The van der Waals surface area contributed by atoms with Crippen LogP contribution in [-0.4, -0.2) is 63.2 Å². The number of likely N-dealkylation sites (N-methyl/N-ethyl adjacent to an activating group) is 1. The van der Waals surface area contributed by atoms with Crippen LogP contribution < -0.4 is 5.32 Å². The van der Waals surface area contributed by atoms with E-state index in [4.69, 9.17) is 0 Å². The van der Waals surface area contributed by atoms with Gasteiger partial charge in [-0.2, -0.15) is 0 Å². The fourth-order valence-corrected chi connectivity index (χ4v) is 2.26. The summed E-state index contributed by atoms with van der Waals surface area (Å²) in [5.74, 6) is 0. The minimum Gasteiger partial charge on any atom is -0.316 e. The SMILES string of the molecule is CNC1CCCN(CCCCN(C)C)C1. The van der Waals surface area contributed by atoms with Crippen molar-refractivity contribution in [1.29, 1.82) is 0 Å². The van der Waals surface area contributed by atoms with E-state index in [9.17, 15) is 0 Å². The number of likely N-dealkylation sites (tertiary alicyclic amines) is 1. The summed E-state index contributed by atoms with van der Waals surface area (Å²) in [6.07, 6.45) is 5.38. The molecule has 0 radical (unpaired) electrons. The molecule has 0 bridgehead atoms. The molecule has 0 aromatic carbocycles. The molecule has 1 heterocycles. The monoisotopic (exact) mass is 213 g/mol. The van der Waals surface area contributed by atoms with Gasteiger partial charge in [0.1, 0.15) is 0 Å². The largest absolute Gasteiger partial charge is 0.316 e. The van der Waals surface area contributed by atoms with E-state index >= 15 is 0 Å².